The van der Waals surface area contributed by atoms with Crippen molar-refractivity contribution in [2.75, 3.05) is 105 Å². The molecule has 0 aliphatic rings. The highest BCUT2D eigenvalue weighted by atomic mass is 33.1. The topological polar surface area (TPSA) is 309 Å². The molecule has 0 aromatic heterocycles. The highest BCUT2D eigenvalue weighted by Gasteiger charge is 2.16. The van der Waals surface area contributed by atoms with Gasteiger partial charge in [-0.05, 0) is 70.6 Å². The number of carboxylic acids is 3. The molecule has 0 heterocycles. The Morgan fingerprint density at radius 3 is 1.31 bits per heavy atom. The molecule has 3 amide bonds. The molecule has 3 unspecified atom stereocenters. The second-order valence-electron chi connectivity index (χ2n) is 14.7. The van der Waals surface area contributed by atoms with E-state index in [1.165, 1.54) is 64.8 Å². The first-order chi connectivity index (χ1) is 33.3. The number of aldehydes is 1. The van der Waals surface area contributed by atoms with Crippen LogP contribution in [0.4, 0.5) is 0 Å². The van der Waals surface area contributed by atoms with E-state index in [-0.39, 0.29) is 102 Å². The lowest BCUT2D eigenvalue weighted by Gasteiger charge is -2.11. The summed E-state index contributed by atoms with van der Waals surface area (Å²) in [7, 11) is 7.26. The summed E-state index contributed by atoms with van der Waals surface area (Å²) in [5.41, 5.74) is 0. The van der Waals surface area contributed by atoms with Gasteiger partial charge in [-0.2, -0.15) is 11.8 Å². The lowest BCUT2D eigenvalue weighted by Crippen LogP contribution is -2.36. The Labute approximate surface area is 435 Å². The molecular weight excluding hydrogens is 990 g/mol. The third-order valence-electron chi connectivity index (χ3n) is 9.02. The summed E-state index contributed by atoms with van der Waals surface area (Å²) >= 11 is 1.75. The van der Waals surface area contributed by atoms with E-state index >= 15 is 0 Å². The summed E-state index contributed by atoms with van der Waals surface area (Å²) in [6.45, 7) is 6.22. The summed E-state index contributed by atoms with van der Waals surface area (Å²) in [6, 6.07) is -1.38. The number of rotatable bonds is 44. The van der Waals surface area contributed by atoms with Crippen LogP contribution in [0.15, 0.2) is 0 Å². The monoisotopic (exact) mass is 1090 g/mol. The Bertz CT molecular complexity index is 1190. The van der Waals surface area contributed by atoms with Crippen molar-refractivity contribution in [1.82, 2.24) is 26.4 Å². The molecule has 24 heteroatoms. The number of likely N-dealkylation sites (N-methyl/N-ethyl adjacent to an activating group) is 1. The Hall–Kier alpha value is -2.31. The Morgan fingerprint density at radius 2 is 0.929 bits per heavy atom. The molecule has 10 N–H and O–H groups in total. The fourth-order valence-electron chi connectivity index (χ4n) is 5.40. The van der Waals surface area contributed by atoms with Gasteiger partial charge in [-0.25, -0.2) is 0 Å². The van der Waals surface area contributed by atoms with Crippen LogP contribution in [0.5, 0.6) is 0 Å². The molecule has 3 atom stereocenters. The SMILES string of the molecule is CC.CNC(CCC(=O)NCCOCCOCC(=O)NCCOCCOCC(=O)NCCCCC(NP)C(=O)O)C(=O)O.CSC.CSSC.O.O=CCCCCCCCCCCCCCCC(=O)O. The average molecular weight is 1090 g/mol. The number of amides is 3. The van der Waals surface area contributed by atoms with E-state index in [2.05, 4.69) is 48.3 Å². The maximum atomic E-state index is 11.7. The number of unbranched alkanes of at least 4 members (excludes halogenated alkanes) is 13. The molecular formula is C46H96N5O15PS3. The van der Waals surface area contributed by atoms with E-state index in [1.807, 2.05) is 26.4 Å². The van der Waals surface area contributed by atoms with Crippen molar-refractivity contribution < 1.29 is 73.3 Å². The molecule has 0 radical (unpaired) electrons. The van der Waals surface area contributed by atoms with Crippen LogP contribution in [0.2, 0.25) is 0 Å². The van der Waals surface area contributed by atoms with E-state index in [1.54, 1.807) is 33.3 Å². The van der Waals surface area contributed by atoms with E-state index in [0.717, 1.165) is 32.0 Å². The van der Waals surface area contributed by atoms with E-state index in [9.17, 15) is 33.6 Å². The number of aliphatic carboxylic acids is 3. The van der Waals surface area contributed by atoms with Gasteiger partial charge in [0.2, 0.25) is 17.7 Å². The van der Waals surface area contributed by atoms with Crippen molar-refractivity contribution >= 4 is 84.7 Å². The molecule has 0 bridgehead atoms. The van der Waals surface area contributed by atoms with Crippen LogP contribution in [0.25, 0.3) is 0 Å². The highest BCUT2D eigenvalue weighted by Crippen LogP contribution is 2.13. The van der Waals surface area contributed by atoms with E-state index < -0.39 is 30.0 Å². The van der Waals surface area contributed by atoms with Gasteiger partial charge in [0.05, 0.1) is 39.6 Å². The molecule has 0 aliphatic heterocycles. The zero-order valence-electron chi connectivity index (χ0n) is 43.6. The molecule has 20 nitrogen and oxygen atoms in total. The fraction of sp³-hybridized carbons (Fsp3) is 0.848. The van der Waals surface area contributed by atoms with Crippen LogP contribution >= 0.6 is 42.7 Å². The number of carboxylic acid groups (broad SMARTS) is 3. The summed E-state index contributed by atoms with van der Waals surface area (Å²) in [4.78, 5) is 77.3. The maximum absolute atomic E-state index is 11.7. The lowest BCUT2D eigenvalue weighted by atomic mass is 10.0. The van der Waals surface area contributed by atoms with E-state index in [4.69, 9.17) is 34.3 Å². The van der Waals surface area contributed by atoms with Crippen LogP contribution in [-0.4, -0.2) is 179 Å². The number of nitrogens with one attached hydrogen (secondary N) is 5. The molecule has 0 saturated heterocycles. The van der Waals surface area contributed by atoms with Crippen LogP contribution in [0.1, 0.15) is 136 Å². The number of hydrogen-bond donors (Lipinski definition) is 8. The standard InChI is InChI=1S/C24H46N5O11P.C16H30O3.C2H6S2.C2H6S.C2H6.H2O/c1-25-18(23(33)34)5-6-20(30)27-8-10-37-12-15-40-17-22(32)28-9-11-38-13-14-39-16-21(31)26-7-3-2-4-19(29-41)24(35)36;17-15-13-11-9-7-5-3-1-2-4-6-8-10-12-14-16(18)19;1-3-4-2;1-3-2;1-2;/h18-19,25,29H,2-17,41H2,1H3,(H,26,31)(H,27,30)(H,28,32)(H,33,34)(H,35,36);15H,1-14H2,(H,18,19);1-2H3;1-2H3;1-2H3;1H2. The second-order valence-corrected chi connectivity index (χ2v) is 18.6. The van der Waals surface area contributed by atoms with Crippen molar-refractivity contribution in [3.63, 3.8) is 0 Å². The minimum Gasteiger partial charge on any atom is -0.481 e. The molecule has 0 spiro atoms. The number of carbonyl (C=O) groups is 7. The Kier molecular flexibility index (Phi) is 77.7. The first-order valence-corrected chi connectivity index (χ1v) is 29.3. The largest absolute Gasteiger partial charge is 0.481 e. The van der Waals surface area contributed by atoms with Gasteiger partial charge in [0.25, 0.3) is 0 Å². The minimum atomic E-state index is -1.00. The van der Waals surface area contributed by atoms with Crippen LogP contribution in [0.3, 0.4) is 0 Å². The van der Waals surface area contributed by atoms with Gasteiger partial charge in [-0.15, -0.1) is 0 Å². The van der Waals surface area contributed by atoms with Crippen molar-refractivity contribution in [3.05, 3.63) is 0 Å². The zero-order valence-corrected chi connectivity index (χ0v) is 47.2. The van der Waals surface area contributed by atoms with Gasteiger partial charge in [-0.3, -0.25) is 33.9 Å². The predicted octanol–water partition coefficient (Wildman–Crippen LogP) is 5.40. The molecule has 0 aromatic carbocycles. The number of thioether (sulfide) groups is 1. The summed E-state index contributed by atoms with van der Waals surface area (Å²) in [6.07, 6.45) is 26.7. The molecule has 0 fully saturated rings. The summed E-state index contributed by atoms with van der Waals surface area (Å²) in [5, 5.41) is 39.5. The molecule has 0 rings (SSSR count). The molecule has 0 saturated carbocycles. The van der Waals surface area contributed by atoms with Gasteiger partial charge in [0, 0.05) is 38.9 Å². The summed E-state index contributed by atoms with van der Waals surface area (Å²) in [5.74, 6) is -3.42. The van der Waals surface area contributed by atoms with Crippen molar-refractivity contribution in [3.8, 4) is 0 Å². The second kappa shape index (κ2) is 68.8. The zero-order chi connectivity index (χ0) is 53.0. The van der Waals surface area contributed by atoms with Crippen LogP contribution < -0.4 is 26.4 Å². The quantitative estimate of drug-likeness (QED) is 0.0164. The average Bonchev–Trinajstić information content (AvgIpc) is 3.33. The lowest BCUT2D eigenvalue weighted by molar-refractivity contribution is -0.140. The highest BCUT2D eigenvalue weighted by molar-refractivity contribution is 8.76. The Balaban J connectivity index is -0.000000292. The molecule has 0 aromatic rings. The van der Waals surface area contributed by atoms with Gasteiger partial charge in [-0.1, -0.05) is 109 Å². The normalized spacial score (nSPS) is 10.9. The van der Waals surface area contributed by atoms with Crippen LogP contribution in [-0.2, 0) is 52.5 Å². The number of carbonyl (C=O) groups excluding carboxylic acids is 4. The minimum absolute atomic E-state index is 0. The van der Waals surface area contributed by atoms with Crippen molar-refractivity contribution in [2.45, 2.75) is 148 Å². The maximum Gasteiger partial charge on any atom is 0.320 e. The summed E-state index contributed by atoms with van der Waals surface area (Å²) < 4.78 is 21.1. The van der Waals surface area contributed by atoms with E-state index in [0.29, 0.717) is 32.2 Å². The molecule has 418 valence electrons. The third-order valence-corrected chi connectivity index (χ3v) is 10.8. The van der Waals surface area contributed by atoms with Crippen LogP contribution in [0, 0.1) is 0 Å². The molecule has 70 heavy (non-hydrogen) atoms. The van der Waals surface area contributed by atoms with Gasteiger partial charge in [0.1, 0.15) is 31.6 Å². The number of hydrogen-bond acceptors (Lipinski definition) is 16. The third kappa shape index (κ3) is 72.2. The predicted molar refractivity (Wildman–Crippen MR) is 290 cm³/mol. The first-order valence-electron chi connectivity index (χ1n) is 24.1. The molecule has 0 aliphatic carbocycles. The number of ether oxygens (including phenoxy) is 4. The van der Waals surface area contributed by atoms with Gasteiger partial charge in [0.15, 0.2) is 0 Å². The fourth-order valence-corrected chi connectivity index (χ4v) is 5.71. The van der Waals surface area contributed by atoms with Gasteiger partial charge < -0.3 is 65.8 Å². The first kappa shape index (κ1) is 79.1. The van der Waals surface area contributed by atoms with Gasteiger partial charge >= 0.3 is 17.9 Å². The van der Waals surface area contributed by atoms with Crippen molar-refractivity contribution in [2.24, 2.45) is 0 Å². The smallest absolute Gasteiger partial charge is 0.320 e. The Morgan fingerprint density at radius 1 is 0.529 bits per heavy atom. The van der Waals surface area contributed by atoms with Crippen molar-refractivity contribution in [1.29, 1.82) is 0 Å².